The van der Waals surface area contributed by atoms with Gasteiger partial charge in [0.2, 0.25) is 5.91 Å². The quantitative estimate of drug-likeness (QED) is 0.732. The zero-order valence-electron chi connectivity index (χ0n) is 17.1. The first kappa shape index (κ1) is 20.0. The largest absolute Gasteiger partial charge is 0.493 e. The molecular weight excluding hydrogens is 340 g/mol. The van der Waals surface area contributed by atoms with E-state index in [2.05, 4.69) is 35.8 Å². The molecule has 1 saturated heterocycles. The third kappa shape index (κ3) is 5.38. The fourth-order valence-corrected chi connectivity index (χ4v) is 4.00. The van der Waals surface area contributed by atoms with Gasteiger partial charge in [0.05, 0.1) is 13.7 Å². The van der Waals surface area contributed by atoms with Gasteiger partial charge in [-0.05, 0) is 36.5 Å². The Morgan fingerprint density at radius 1 is 1.11 bits per heavy atom. The van der Waals surface area contributed by atoms with E-state index >= 15 is 0 Å². The highest BCUT2D eigenvalue weighted by Crippen LogP contribution is 2.30. The van der Waals surface area contributed by atoms with Crippen molar-refractivity contribution in [1.82, 2.24) is 9.80 Å². The van der Waals surface area contributed by atoms with Crippen LogP contribution in [0.2, 0.25) is 0 Å². The lowest BCUT2D eigenvalue weighted by Gasteiger charge is -2.36. The molecule has 5 heteroatoms. The number of carbonyl (C=O) groups is 1. The topological polar surface area (TPSA) is 42.0 Å². The second-order valence-electron chi connectivity index (χ2n) is 8.27. The Labute approximate surface area is 163 Å². The summed E-state index contributed by atoms with van der Waals surface area (Å²) in [5.41, 5.74) is 1.22. The van der Waals surface area contributed by atoms with E-state index in [0.717, 1.165) is 57.1 Å². The van der Waals surface area contributed by atoms with Crippen molar-refractivity contribution in [1.29, 1.82) is 0 Å². The maximum absolute atomic E-state index is 12.6. The van der Waals surface area contributed by atoms with Gasteiger partial charge >= 0.3 is 0 Å². The van der Waals surface area contributed by atoms with Crippen LogP contribution < -0.4 is 9.47 Å². The SMILES string of the molecule is COc1cc(CN2CCN(C(=O)C3CCCC3)CC2)ccc1OCC(C)C. The Balaban J connectivity index is 1.51. The summed E-state index contributed by atoms with van der Waals surface area (Å²) in [5.74, 6) is 2.77. The van der Waals surface area contributed by atoms with Gasteiger partial charge in [-0.1, -0.05) is 32.8 Å². The lowest BCUT2D eigenvalue weighted by Crippen LogP contribution is -2.49. The van der Waals surface area contributed by atoms with Crippen molar-refractivity contribution in [3.05, 3.63) is 23.8 Å². The molecule has 0 radical (unpaired) electrons. The molecule has 0 unspecified atom stereocenters. The summed E-state index contributed by atoms with van der Waals surface area (Å²) in [7, 11) is 1.69. The monoisotopic (exact) mass is 374 g/mol. The molecule has 1 aliphatic carbocycles. The molecule has 1 aliphatic heterocycles. The predicted octanol–water partition coefficient (Wildman–Crippen LogP) is 3.56. The van der Waals surface area contributed by atoms with E-state index in [0.29, 0.717) is 24.3 Å². The van der Waals surface area contributed by atoms with Crippen LogP contribution in [0.15, 0.2) is 18.2 Å². The zero-order valence-corrected chi connectivity index (χ0v) is 17.1. The number of methoxy groups -OCH3 is 1. The van der Waals surface area contributed by atoms with E-state index in [4.69, 9.17) is 9.47 Å². The third-order valence-corrected chi connectivity index (χ3v) is 5.59. The van der Waals surface area contributed by atoms with Gasteiger partial charge in [0, 0.05) is 38.6 Å². The number of hydrogen-bond donors (Lipinski definition) is 0. The van der Waals surface area contributed by atoms with Gasteiger partial charge in [-0.25, -0.2) is 0 Å². The molecule has 1 saturated carbocycles. The van der Waals surface area contributed by atoms with Crippen molar-refractivity contribution in [3.8, 4) is 11.5 Å². The van der Waals surface area contributed by atoms with Gasteiger partial charge in [-0.2, -0.15) is 0 Å². The predicted molar refractivity (Wildman–Crippen MR) is 107 cm³/mol. The number of ether oxygens (including phenoxy) is 2. The number of piperazine rings is 1. The lowest BCUT2D eigenvalue weighted by atomic mass is 10.1. The molecule has 1 aromatic rings. The number of carbonyl (C=O) groups excluding carboxylic acids is 1. The summed E-state index contributed by atoms with van der Waals surface area (Å²) >= 11 is 0. The summed E-state index contributed by atoms with van der Waals surface area (Å²) < 4.78 is 11.4. The third-order valence-electron chi connectivity index (χ3n) is 5.59. The first-order chi connectivity index (χ1) is 13.1. The Hall–Kier alpha value is -1.75. The highest BCUT2D eigenvalue weighted by atomic mass is 16.5. The van der Waals surface area contributed by atoms with Gasteiger partial charge < -0.3 is 14.4 Å². The highest BCUT2D eigenvalue weighted by molar-refractivity contribution is 5.79. The average molecular weight is 375 g/mol. The van der Waals surface area contributed by atoms with Crippen LogP contribution in [0.25, 0.3) is 0 Å². The van der Waals surface area contributed by atoms with Gasteiger partial charge in [-0.3, -0.25) is 9.69 Å². The lowest BCUT2D eigenvalue weighted by molar-refractivity contribution is -0.137. The highest BCUT2D eigenvalue weighted by Gasteiger charge is 2.29. The molecule has 150 valence electrons. The molecule has 1 aromatic carbocycles. The Morgan fingerprint density at radius 2 is 1.81 bits per heavy atom. The van der Waals surface area contributed by atoms with Crippen LogP contribution >= 0.6 is 0 Å². The maximum Gasteiger partial charge on any atom is 0.225 e. The molecule has 2 fully saturated rings. The van der Waals surface area contributed by atoms with Gasteiger partial charge in [0.25, 0.3) is 0 Å². The number of rotatable bonds is 7. The summed E-state index contributed by atoms with van der Waals surface area (Å²) in [4.78, 5) is 17.1. The van der Waals surface area contributed by atoms with E-state index in [1.54, 1.807) is 7.11 Å². The second kappa shape index (κ2) is 9.45. The number of hydrogen-bond acceptors (Lipinski definition) is 4. The average Bonchev–Trinajstić information content (AvgIpc) is 3.21. The van der Waals surface area contributed by atoms with E-state index < -0.39 is 0 Å². The van der Waals surface area contributed by atoms with Crippen LogP contribution in [-0.2, 0) is 11.3 Å². The Morgan fingerprint density at radius 3 is 2.44 bits per heavy atom. The number of amides is 1. The van der Waals surface area contributed by atoms with E-state index in [1.165, 1.54) is 18.4 Å². The van der Waals surface area contributed by atoms with Crippen LogP contribution in [0, 0.1) is 11.8 Å². The van der Waals surface area contributed by atoms with Gasteiger partial charge in [-0.15, -0.1) is 0 Å². The molecule has 1 amide bonds. The fraction of sp³-hybridized carbons (Fsp3) is 0.682. The fourth-order valence-electron chi connectivity index (χ4n) is 4.00. The van der Waals surface area contributed by atoms with Crippen molar-refractivity contribution in [3.63, 3.8) is 0 Å². The number of nitrogens with zero attached hydrogens (tertiary/aromatic N) is 2. The second-order valence-corrected chi connectivity index (χ2v) is 8.27. The molecule has 2 aliphatic rings. The minimum Gasteiger partial charge on any atom is -0.493 e. The smallest absolute Gasteiger partial charge is 0.225 e. The van der Waals surface area contributed by atoms with Crippen LogP contribution in [0.5, 0.6) is 11.5 Å². The first-order valence-electron chi connectivity index (χ1n) is 10.4. The Bertz CT molecular complexity index is 618. The van der Waals surface area contributed by atoms with E-state index in [-0.39, 0.29) is 0 Å². The minimum absolute atomic E-state index is 0.291. The molecule has 0 aromatic heterocycles. The van der Waals surface area contributed by atoms with Crippen molar-refractivity contribution < 1.29 is 14.3 Å². The molecule has 0 spiro atoms. The van der Waals surface area contributed by atoms with Gasteiger partial charge in [0.15, 0.2) is 11.5 Å². The molecular formula is C22H34N2O3. The molecule has 0 bridgehead atoms. The van der Waals surface area contributed by atoms with Gasteiger partial charge in [0.1, 0.15) is 0 Å². The molecule has 0 N–H and O–H groups in total. The molecule has 1 heterocycles. The van der Waals surface area contributed by atoms with Crippen molar-refractivity contribution >= 4 is 5.91 Å². The van der Waals surface area contributed by atoms with Crippen molar-refractivity contribution in [2.75, 3.05) is 39.9 Å². The minimum atomic E-state index is 0.291. The summed E-state index contributed by atoms with van der Waals surface area (Å²) in [6.45, 7) is 9.41. The number of benzene rings is 1. The van der Waals surface area contributed by atoms with Crippen molar-refractivity contribution in [2.24, 2.45) is 11.8 Å². The van der Waals surface area contributed by atoms with E-state index in [9.17, 15) is 4.79 Å². The van der Waals surface area contributed by atoms with Crippen molar-refractivity contribution in [2.45, 2.75) is 46.1 Å². The molecule has 5 nitrogen and oxygen atoms in total. The van der Waals surface area contributed by atoms with E-state index in [1.807, 2.05) is 6.07 Å². The maximum atomic E-state index is 12.6. The molecule has 27 heavy (non-hydrogen) atoms. The van der Waals surface area contributed by atoms with Crippen LogP contribution in [0.1, 0.15) is 45.1 Å². The van der Waals surface area contributed by atoms with Crippen LogP contribution in [0.3, 0.4) is 0 Å². The zero-order chi connectivity index (χ0) is 19.2. The summed E-state index contributed by atoms with van der Waals surface area (Å²) in [6.07, 6.45) is 4.61. The van der Waals surface area contributed by atoms with Crippen LogP contribution in [0.4, 0.5) is 0 Å². The summed E-state index contributed by atoms with van der Waals surface area (Å²) in [6, 6.07) is 6.20. The first-order valence-corrected chi connectivity index (χ1v) is 10.4. The summed E-state index contributed by atoms with van der Waals surface area (Å²) in [5, 5.41) is 0. The van der Waals surface area contributed by atoms with Crippen LogP contribution in [-0.4, -0.2) is 55.6 Å². The standard InChI is InChI=1S/C22H34N2O3/c1-17(2)16-27-20-9-8-18(14-21(20)26-3)15-23-10-12-24(13-11-23)22(25)19-6-4-5-7-19/h8-9,14,17,19H,4-7,10-13,15-16H2,1-3H3. The normalized spacial score (nSPS) is 18.9. The Kier molecular flexibility index (Phi) is 7.00. The molecule has 0 atom stereocenters. The molecule has 3 rings (SSSR count).